The topological polar surface area (TPSA) is 160 Å². The van der Waals surface area contributed by atoms with Crippen molar-refractivity contribution in [2.24, 2.45) is 4.99 Å². The van der Waals surface area contributed by atoms with E-state index in [4.69, 9.17) is 14.2 Å². The Hall–Kier alpha value is -3.09. The summed E-state index contributed by atoms with van der Waals surface area (Å²) < 4.78 is 15.9. The lowest BCUT2D eigenvalue weighted by Gasteiger charge is -2.22. The van der Waals surface area contributed by atoms with Crippen molar-refractivity contribution in [2.75, 3.05) is 13.7 Å². The van der Waals surface area contributed by atoms with Crippen molar-refractivity contribution < 1.29 is 33.4 Å². The van der Waals surface area contributed by atoms with Crippen LogP contribution in [0.4, 0.5) is 9.59 Å². The van der Waals surface area contributed by atoms with Gasteiger partial charge in [-0.25, -0.2) is 14.4 Å². The molecule has 0 saturated heterocycles. The standard InChI is InChI=1S/C23H36BrN5O7/c1-22(2,3)35-20(32)28-19(29-21(33)36-23(4,5)6)25-11-9-8-10-15(18(31)34-7)27-17(30)16-12-14(24)13-26-16/h12-13,15,26H,8-11H2,1-7H3,(H,27,30)(H2,25,28,29,32,33)/t15-/m0/s1. The Labute approximate surface area is 219 Å². The fourth-order valence-electron chi connectivity index (χ4n) is 2.69. The number of guanidine groups is 1. The molecule has 3 amide bonds. The fourth-order valence-corrected chi connectivity index (χ4v) is 3.03. The van der Waals surface area contributed by atoms with E-state index in [9.17, 15) is 19.2 Å². The summed E-state index contributed by atoms with van der Waals surface area (Å²) in [5.41, 5.74) is -1.19. The molecule has 1 heterocycles. The van der Waals surface area contributed by atoms with Crippen LogP contribution in [0.2, 0.25) is 0 Å². The Kier molecular flexibility index (Phi) is 11.9. The molecule has 12 nitrogen and oxygen atoms in total. The molecule has 0 spiro atoms. The number of ether oxygens (including phenoxy) is 3. The van der Waals surface area contributed by atoms with Crippen LogP contribution in [-0.2, 0) is 19.0 Å². The highest BCUT2D eigenvalue weighted by Crippen LogP contribution is 2.12. The second-order valence-corrected chi connectivity index (χ2v) is 10.7. The van der Waals surface area contributed by atoms with E-state index in [0.29, 0.717) is 29.4 Å². The van der Waals surface area contributed by atoms with Crippen LogP contribution in [0.25, 0.3) is 0 Å². The van der Waals surface area contributed by atoms with E-state index in [1.807, 2.05) is 0 Å². The first-order chi connectivity index (χ1) is 16.6. The van der Waals surface area contributed by atoms with E-state index >= 15 is 0 Å². The minimum atomic E-state index is -0.854. The third kappa shape index (κ3) is 13.1. The van der Waals surface area contributed by atoms with Gasteiger partial charge in [-0.1, -0.05) is 0 Å². The van der Waals surface area contributed by atoms with Crippen LogP contribution in [0.1, 0.15) is 71.3 Å². The number of aliphatic imine (C=N–C) groups is 1. The zero-order valence-electron chi connectivity index (χ0n) is 21.7. The highest BCUT2D eigenvalue weighted by molar-refractivity contribution is 9.10. The fraction of sp³-hybridized carbons (Fsp3) is 0.609. The van der Waals surface area contributed by atoms with Crippen LogP contribution < -0.4 is 16.0 Å². The van der Waals surface area contributed by atoms with Gasteiger partial charge in [0.2, 0.25) is 5.96 Å². The van der Waals surface area contributed by atoms with Crippen molar-refractivity contribution in [3.8, 4) is 0 Å². The lowest BCUT2D eigenvalue weighted by Crippen LogP contribution is -2.47. The molecule has 4 N–H and O–H groups in total. The molecular weight excluding hydrogens is 538 g/mol. The van der Waals surface area contributed by atoms with Gasteiger partial charge in [-0.05, 0) is 82.8 Å². The molecular formula is C23H36BrN5O7. The Morgan fingerprint density at radius 2 is 1.56 bits per heavy atom. The summed E-state index contributed by atoms with van der Waals surface area (Å²) in [5.74, 6) is -1.15. The number of esters is 1. The van der Waals surface area contributed by atoms with Gasteiger partial charge in [0.15, 0.2) is 0 Å². The number of amides is 3. The van der Waals surface area contributed by atoms with Crippen LogP contribution in [0, 0.1) is 0 Å². The number of carbonyl (C=O) groups excluding carboxylic acids is 4. The summed E-state index contributed by atoms with van der Waals surface area (Å²) in [7, 11) is 1.24. The summed E-state index contributed by atoms with van der Waals surface area (Å²) >= 11 is 3.25. The van der Waals surface area contributed by atoms with Gasteiger partial charge in [0.05, 0.1) is 7.11 Å². The van der Waals surface area contributed by atoms with Gasteiger partial charge in [-0.3, -0.25) is 20.4 Å². The highest BCUT2D eigenvalue weighted by atomic mass is 79.9. The number of aromatic amines is 1. The van der Waals surface area contributed by atoms with Crippen molar-refractivity contribution in [1.29, 1.82) is 0 Å². The first-order valence-corrected chi connectivity index (χ1v) is 12.2. The lowest BCUT2D eigenvalue weighted by molar-refractivity contribution is -0.143. The number of H-pyrrole nitrogens is 1. The van der Waals surface area contributed by atoms with Gasteiger partial charge in [0, 0.05) is 17.2 Å². The Bertz CT molecular complexity index is 915. The third-order valence-electron chi connectivity index (χ3n) is 4.09. The molecule has 0 bridgehead atoms. The molecule has 0 aromatic carbocycles. The lowest BCUT2D eigenvalue weighted by atomic mass is 10.1. The summed E-state index contributed by atoms with van der Waals surface area (Å²) in [4.78, 5) is 55.8. The van der Waals surface area contributed by atoms with E-state index < -0.39 is 41.3 Å². The Morgan fingerprint density at radius 1 is 1.00 bits per heavy atom. The van der Waals surface area contributed by atoms with E-state index in [1.165, 1.54) is 7.11 Å². The average molecular weight is 574 g/mol. The molecule has 0 aliphatic rings. The second kappa shape index (κ2) is 13.9. The van der Waals surface area contributed by atoms with Gasteiger partial charge in [-0.15, -0.1) is 0 Å². The molecule has 0 saturated carbocycles. The van der Waals surface area contributed by atoms with Gasteiger partial charge in [0.25, 0.3) is 5.91 Å². The van der Waals surface area contributed by atoms with Crippen molar-refractivity contribution in [2.45, 2.75) is 78.0 Å². The maximum absolute atomic E-state index is 12.4. The number of hydrogen-bond donors (Lipinski definition) is 4. The molecule has 1 aromatic rings. The number of alkyl carbamates (subject to hydrolysis) is 2. The number of methoxy groups -OCH3 is 1. The van der Waals surface area contributed by atoms with Crippen molar-refractivity contribution in [3.05, 3.63) is 22.4 Å². The number of nitrogens with one attached hydrogen (secondary N) is 4. The first-order valence-electron chi connectivity index (χ1n) is 11.4. The Morgan fingerprint density at radius 3 is 2.00 bits per heavy atom. The molecule has 1 aromatic heterocycles. The summed E-state index contributed by atoms with van der Waals surface area (Å²) in [6.45, 7) is 10.4. The average Bonchev–Trinajstić information content (AvgIpc) is 3.15. The third-order valence-corrected chi connectivity index (χ3v) is 4.55. The quantitative estimate of drug-likeness (QED) is 0.121. The van der Waals surface area contributed by atoms with Crippen molar-refractivity contribution >= 4 is 46.0 Å². The van der Waals surface area contributed by atoms with Crippen LogP contribution in [0.5, 0.6) is 0 Å². The monoisotopic (exact) mass is 573 g/mol. The van der Waals surface area contributed by atoms with Crippen LogP contribution >= 0.6 is 15.9 Å². The molecule has 202 valence electrons. The summed E-state index contributed by atoms with van der Waals surface area (Å²) in [6.07, 6.45) is 1.29. The number of unbranched alkanes of at least 4 members (excludes halogenated alkanes) is 1. The number of carbonyl (C=O) groups is 4. The van der Waals surface area contributed by atoms with E-state index in [2.05, 4.69) is 41.9 Å². The van der Waals surface area contributed by atoms with E-state index in [0.717, 1.165) is 0 Å². The van der Waals surface area contributed by atoms with Crippen LogP contribution in [-0.4, -0.2) is 65.9 Å². The predicted octanol–water partition coefficient (Wildman–Crippen LogP) is 3.62. The molecule has 0 radical (unpaired) electrons. The Balaban J connectivity index is 2.73. The zero-order chi connectivity index (χ0) is 27.5. The molecule has 1 rings (SSSR count). The van der Waals surface area contributed by atoms with E-state index in [-0.39, 0.29) is 12.5 Å². The molecule has 13 heteroatoms. The number of hydrogen-bond acceptors (Lipinski definition) is 8. The normalized spacial score (nSPS) is 12.1. The minimum absolute atomic E-state index is 0.131. The van der Waals surface area contributed by atoms with Crippen molar-refractivity contribution in [1.82, 2.24) is 20.9 Å². The highest BCUT2D eigenvalue weighted by Gasteiger charge is 2.23. The molecule has 1 atom stereocenters. The molecule has 0 aliphatic carbocycles. The SMILES string of the molecule is COC(=O)[C@H](CCCCN=C(NC(=O)OC(C)(C)C)NC(=O)OC(C)(C)C)NC(=O)c1cc(Br)c[nH]1. The molecule has 0 aliphatic heterocycles. The van der Waals surface area contributed by atoms with Crippen molar-refractivity contribution in [3.63, 3.8) is 0 Å². The molecule has 36 heavy (non-hydrogen) atoms. The second-order valence-electron chi connectivity index (χ2n) is 9.76. The van der Waals surface area contributed by atoms with Gasteiger partial charge in [0.1, 0.15) is 22.9 Å². The maximum atomic E-state index is 12.4. The number of halogens is 1. The molecule has 0 unspecified atom stereocenters. The smallest absolute Gasteiger partial charge is 0.414 e. The van der Waals surface area contributed by atoms with Gasteiger partial charge in [-0.2, -0.15) is 0 Å². The largest absolute Gasteiger partial charge is 0.467 e. The predicted molar refractivity (Wildman–Crippen MR) is 137 cm³/mol. The van der Waals surface area contributed by atoms with Crippen LogP contribution in [0.15, 0.2) is 21.7 Å². The van der Waals surface area contributed by atoms with Gasteiger partial charge >= 0.3 is 18.2 Å². The van der Waals surface area contributed by atoms with Gasteiger partial charge < -0.3 is 24.5 Å². The summed E-state index contributed by atoms with van der Waals surface area (Å²) in [6, 6.07) is 0.739. The maximum Gasteiger partial charge on any atom is 0.414 e. The first kappa shape index (κ1) is 30.9. The summed E-state index contributed by atoms with van der Waals surface area (Å²) in [5, 5.41) is 7.45. The van der Waals surface area contributed by atoms with E-state index in [1.54, 1.807) is 53.8 Å². The molecule has 0 fully saturated rings. The number of nitrogens with zero attached hydrogens (tertiary/aromatic N) is 1. The van der Waals surface area contributed by atoms with Crippen LogP contribution in [0.3, 0.4) is 0 Å². The number of rotatable bonds is 8. The minimum Gasteiger partial charge on any atom is -0.467 e. The zero-order valence-corrected chi connectivity index (χ0v) is 23.3. The number of aromatic nitrogens is 1.